The lowest BCUT2D eigenvalue weighted by atomic mass is 10.2. The SMILES string of the molecule is C[C@@H](Oc1cnc2c(n1)OCCN(Cc1ccccc1)C2)C1CC1. The molecule has 0 radical (unpaired) electrons. The lowest BCUT2D eigenvalue weighted by Gasteiger charge is -2.18. The van der Waals surface area contributed by atoms with Crippen LogP contribution in [0.3, 0.4) is 0 Å². The van der Waals surface area contributed by atoms with Gasteiger partial charge in [-0.3, -0.25) is 4.90 Å². The number of ether oxygens (including phenoxy) is 2. The van der Waals surface area contributed by atoms with Crippen LogP contribution in [0.5, 0.6) is 11.8 Å². The fourth-order valence-corrected chi connectivity index (χ4v) is 3.05. The number of nitrogens with zero attached hydrogens (tertiary/aromatic N) is 3. The second kappa shape index (κ2) is 6.77. The summed E-state index contributed by atoms with van der Waals surface area (Å²) in [6.45, 7) is 5.23. The molecule has 2 aromatic rings. The summed E-state index contributed by atoms with van der Waals surface area (Å²) in [4.78, 5) is 11.4. The van der Waals surface area contributed by atoms with E-state index in [2.05, 4.69) is 46.1 Å². The van der Waals surface area contributed by atoms with E-state index in [1.807, 2.05) is 6.07 Å². The summed E-state index contributed by atoms with van der Waals surface area (Å²) in [5, 5.41) is 0. The molecule has 2 aliphatic rings. The molecule has 5 nitrogen and oxygen atoms in total. The molecule has 1 aromatic carbocycles. The van der Waals surface area contributed by atoms with E-state index in [-0.39, 0.29) is 6.10 Å². The van der Waals surface area contributed by atoms with Crippen LogP contribution in [0, 0.1) is 5.92 Å². The fraction of sp³-hybridized carbons (Fsp3) is 0.474. The van der Waals surface area contributed by atoms with E-state index < -0.39 is 0 Å². The topological polar surface area (TPSA) is 47.5 Å². The number of fused-ring (bicyclic) bond motifs is 1. The van der Waals surface area contributed by atoms with Crippen LogP contribution in [-0.4, -0.2) is 34.1 Å². The molecule has 5 heteroatoms. The first-order valence-corrected chi connectivity index (χ1v) is 8.69. The lowest BCUT2D eigenvalue weighted by Crippen LogP contribution is -2.25. The summed E-state index contributed by atoms with van der Waals surface area (Å²) < 4.78 is 11.7. The van der Waals surface area contributed by atoms with E-state index in [0.717, 1.165) is 25.3 Å². The molecule has 4 rings (SSSR count). The van der Waals surface area contributed by atoms with Crippen LogP contribution in [0.1, 0.15) is 31.0 Å². The normalized spacial score (nSPS) is 19.0. The van der Waals surface area contributed by atoms with Gasteiger partial charge < -0.3 is 9.47 Å². The van der Waals surface area contributed by atoms with Crippen molar-refractivity contribution in [3.8, 4) is 11.8 Å². The van der Waals surface area contributed by atoms with E-state index in [4.69, 9.17) is 9.47 Å². The minimum atomic E-state index is 0.206. The van der Waals surface area contributed by atoms with Gasteiger partial charge in [0, 0.05) is 19.6 Å². The molecule has 126 valence electrons. The van der Waals surface area contributed by atoms with Crippen molar-refractivity contribution in [3.63, 3.8) is 0 Å². The Hall–Kier alpha value is -2.14. The average molecular weight is 325 g/mol. The molecule has 0 saturated heterocycles. The third-order valence-electron chi connectivity index (χ3n) is 4.65. The molecule has 2 heterocycles. The third kappa shape index (κ3) is 3.67. The Morgan fingerprint density at radius 3 is 2.92 bits per heavy atom. The van der Waals surface area contributed by atoms with Crippen LogP contribution >= 0.6 is 0 Å². The van der Waals surface area contributed by atoms with Gasteiger partial charge in [0.15, 0.2) is 0 Å². The highest BCUT2D eigenvalue weighted by Gasteiger charge is 2.30. The van der Waals surface area contributed by atoms with Crippen molar-refractivity contribution < 1.29 is 9.47 Å². The zero-order valence-electron chi connectivity index (χ0n) is 14.0. The molecule has 1 aromatic heterocycles. The van der Waals surface area contributed by atoms with Gasteiger partial charge in [0.2, 0.25) is 11.8 Å². The highest BCUT2D eigenvalue weighted by Crippen LogP contribution is 2.34. The first-order valence-electron chi connectivity index (χ1n) is 8.69. The van der Waals surface area contributed by atoms with Crippen molar-refractivity contribution >= 4 is 0 Å². The van der Waals surface area contributed by atoms with Crippen LogP contribution in [0.15, 0.2) is 36.5 Å². The smallest absolute Gasteiger partial charge is 0.240 e. The van der Waals surface area contributed by atoms with Gasteiger partial charge in [-0.25, -0.2) is 4.98 Å². The summed E-state index contributed by atoms with van der Waals surface area (Å²) in [6, 6.07) is 10.5. The molecule has 1 aliphatic carbocycles. The zero-order chi connectivity index (χ0) is 16.4. The van der Waals surface area contributed by atoms with E-state index in [1.54, 1.807) is 6.20 Å². The molecule has 0 unspecified atom stereocenters. The Morgan fingerprint density at radius 2 is 2.12 bits per heavy atom. The van der Waals surface area contributed by atoms with Gasteiger partial charge in [-0.05, 0) is 31.2 Å². The van der Waals surface area contributed by atoms with Crippen molar-refractivity contribution in [2.45, 2.75) is 39.0 Å². The largest absolute Gasteiger partial charge is 0.475 e. The van der Waals surface area contributed by atoms with E-state index in [9.17, 15) is 0 Å². The highest BCUT2D eigenvalue weighted by molar-refractivity contribution is 5.24. The number of benzene rings is 1. The van der Waals surface area contributed by atoms with Gasteiger partial charge in [0.1, 0.15) is 18.4 Å². The minimum Gasteiger partial charge on any atom is -0.475 e. The maximum absolute atomic E-state index is 5.90. The average Bonchev–Trinajstić information content (AvgIpc) is 3.43. The Bertz CT molecular complexity index is 688. The molecule has 1 fully saturated rings. The Morgan fingerprint density at radius 1 is 1.29 bits per heavy atom. The van der Waals surface area contributed by atoms with Crippen molar-refractivity contribution in [1.29, 1.82) is 0 Å². The van der Waals surface area contributed by atoms with Gasteiger partial charge >= 0.3 is 0 Å². The third-order valence-corrected chi connectivity index (χ3v) is 4.65. The molecule has 1 saturated carbocycles. The second-order valence-corrected chi connectivity index (χ2v) is 6.67. The molecule has 0 N–H and O–H groups in total. The standard InChI is InChI=1S/C19H23N3O2/c1-14(16-7-8-16)24-18-11-20-17-13-22(9-10-23-19(17)21-18)12-15-5-3-2-4-6-15/h2-6,11,14,16H,7-10,12-13H2,1H3/t14-/m1/s1. The van der Waals surface area contributed by atoms with Crippen LogP contribution in [0.4, 0.5) is 0 Å². The summed E-state index contributed by atoms with van der Waals surface area (Å²) in [5.74, 6) is 1.86. The van der Waals surface area contributed by atoms with E-state index in [1.165, 1.54) is 18.4 Å². The van der Waals surface area contributed by atoms with Crippen molar-refractivity contribution in [1.82, 2.24) is 14.9 Å². The van der Waals surface area contributed by atoms with Crippen molar-refractivity contribution in [2.75, 3.05) is 13.2 Å². The number of rotatable bonds is 5. The molecule has 0 amide bonds. The molecule has 1 atom stereocenters. The molecule has 0 spiro atoms. The van der Waals surface area contributed by atoms with Gasteiger partial charge in [-0.1, -0.05) is 30.3 Å². The van der Waals surface area contributed by atoms with Gasteiger partial charge in [-0.15, -0.1) is 0 Å². The van der Waals surface area contributed by atoms with Crippen LogP contribution < -0.4 is 9.47 Å². The molecular weight excluding hydrogens is 302 g/mol. The first kappa shape index (κ1) is 15.4. The quantitative estimate of drug-likeness (QED) is 0.845. The minimum absolute atomic E-state index is 0.206. The fourth-order valence-electron chi connectivity index (χ4n) is 3.05. The zero-order valence-corrected chi connectivity index (χ0v) is 14.0. The highest BCUT2D eigenvalue weighted by atomic mass is 16.5. The Kier molecular flexibility index (Phi) is 4.34. The maximum Gasteiger partial charge on any atom is 0.240 e. The van der Waals surface area contributed by atoms with Gasteiger partial charge in [0.25, 0.3) is 0 Å². The first-order chi connectivity index (χ1) is 11.8. The number of hydrogen-bond donors (Lipinski definition) is 0. The Balaban J connectivity index is 1.45. The molecule has 24 heavy (non-hydrogen) atoms. The summed E-state index contributed by atoms with van der Waals surface area (Å²) in [7, 11) is 0. The number of aromatic nitrogens is 2. The predicted molar refractivity (Wildman–Crippen MR) is 90.9 cm³/mol. The van der Waals surface area contributed by atoms with Crippen LogP contribution in [-0.2, 0) is 13.1 Å². The number of hydrogen-bond acceptors (Lipinski definition) is 5. The summed E-state index contributed by atoms with van der Waals surface area (Å²) in [6.07, 6.45) is 4.44. The summed E-state index contributed by atoms with van der Waals surface area (Å²) in [5.41, 5.74) is 2.18. The molecule has 1 aliphatic heterocycles. The predicted octanol–water partition coefficient (Wildman–Crippen LogP) is 3.05. The maximum atomic E-state index is 5.90. The van der Waals surface area contributed by atoms with Crippen molar-refractivity contribution in [3.05, 3.63) is 47.8 Å². The van der Waals surface area contributed by atoms with E-state index >= 15 is 0 Å². The van der Waals surface area contributed by atoms with Crippen LogP contribution in [0.2, 0.25) is 0 Å². The monoisotopic (exact) mass is 325 g/mol. The van der Waals surface area contributed by atoms with Gasteiger partial charge in [-0.2, -0.15) is 4.98 Å². The Labute approximate surface area is 142 Å². The van der Waals surface area contributed by atoms with Gasteiger partial charge in [0.05, 0.1) is 6.20 Å². The molecule has 0 bridgehead atoms. The second-order valence-electron chi connectivity index (χ2n) is 6.67. The summed E-state index contributed by atoms with van der Waals surface area (Å²) >= 11 is 0. The van der Waals surface area contributed by atoms with Crippen molar-refractivity contribution in [2.24, 2.45) is 5.92 Å². The lowest BCUT2D eigenvalue weighted by molar-refractivity contribution is 0.185. The molecular formula is C19H23N3O2. The van der Waals surface area contributed by atoms with Crippen LogP contribution in [0.25, 0.3) is 0 Å². The van der Waals surface area contributed by atoms with E-state index in [0.29, 0.717) is 24.3 Å².